The third kappa shape index (κ3) is 4.15. The molecule has 0 spiro atoms. The summed E-state index contributed by atoms with van der Waals surface area (Å²) in [5.41, 5.74) is 3.07. The Morgan fingerprint density at radius 2 is 1.84 bits per heavy atom. The van der Waals surface area contributed by atoms with E-state index in [0.717, 1.165) is 16.7 Å². The minimum atomic E-state index is -0.950. The Hall–Kier alpha value is -2.44. The Balaban J connectivity index is 1.83. The molecule has 0 saturated carbocycles. The lowest BCUT2D eigenvalue weighted by Gasteiger charge is -2.12. The molecule has 1 aliphatic rings. The van der Waals surface area contributed by atoms with Gasteiger partial charge in [0.05, 0.1) is 11.3 Å². The van der Waals surface area contributed by atoms with Gasteiger partial charge in [0.15, 0.2) is 0 Å². The Labute approximate surface area is 155 Å². The van der Waals surface area contributed by atoms with E-state index in [0.29, 0.717) is 9.23 Å². The van der Waals surface area contributed by atoms with Crippen molar-refractivity contribution in [3.63, 3.8) is 0 Å². The highest BCUT2D eigenvalue weighted by atomic mass is 32.2. The maximum absolute atomic E-state index is 12.4. The number of rotatable bonds is 5. The van der Waals surface area contributed by atoms with Crippen LogP contribution in [0.2, 0.25) is 0 Å². The van der Waals surface area contributed by atoms with Crippen LogP contribution in [0.15, 0.2) is 59.5 Å². The van der Waals surface area contributed by atoms with Crippen LogP contribution in [-0.2, 0) is 9.59 Å². The number of benzene rings is 2. The fourth-order valence-corrected chi connectivity index (χ4v) is 3.80. The zero-order valence-corrected chi connectivity index (χ0v) is 14.8. The molecule has 6 heteroatoms. The van der Waals surface area contributed by atoms with E-state index in [9.17, 15) is 9.59 Å². The van der Waals surface area contributed by atoms with Gasteiger partial charge in [0.25, 0.3) is 5.91 Å². The number of thiocarbonyl (C=S) groups is 1. The van der Waals surface area contributed by atoms with Gasteiger partial charge in [-0.05, 0) is 28.8 Å². The van der Waals surface area contributed by atoms with Crippen LogP contribution in [0.4, 0.5) is 0 Å². The van der Waals surface area contributed by atoms with Crippen molar-refractivity contribution in [2.24, 2.45) is 0 Å². The molecule has 0 aromatic heterocycles. The molecule has 0 radical (unpaired) electrons. The number of carboxylic acid groups (broad SMARTS) is 1. The van der Waals surface area contributed by atoms with E-state index in [1.54, 1.807) is 6.08 Å². The van der Waals surface area contributed by atoms with Gasteiger partial charge in [-0.3, -0.25) is 14.5 Å². The topological polar surface area (TPSA) is 57.6 Å². The molecular weight excluding hydrogens is 354 g/mol. The molecule has 3 rings (SSSR count). The fourth-order valence-electron chi connectivity index (χ4n) is 2.49. The summed E-state index contributed by atoms with van der Waals surface area (Å²) in [6.45, 7) is 0.0986. The Bertz CT molecular complexity index is 862. The van der Waals surface area contributed by atoms with Crippen LogP contribution in [0.1, 0.15) is 12.0 Å². The van der Waals surface area contributed by atoms with E-state index in [-0.39, 0.29) is 18.9 Å². The average molecular weight is 369 g/mol. The lowest BCUT2D eigenvalue weighted by molar-refractivity contribution is -0.137. The molecule has 2 aromatic carbocycles. The summed E-state index contributed by atoms with van der Waals surface area (Å²) < 4.78 is 0.400. The maximum atomic E-state index is 12.4. The smallest absolute Gasteiger partial charge is 0.305 e. The summed E-state index contributed by atoms with van der Waals surface area (Å²) in [6, 6.07) is 17.9. The van der Waals surface area contributed by atoms with Gasteiger partial charge in [-0.1, -0.05) is 72.5 Å². The van der Waals surface area contributed by atoms with E-state index in [1.165, 1.54) is 16.7 Å². The van der Waals surface area contributed by atoms with E-state index < -0.39 is 5.97 Å². The van der Waals surface area contributed by atoms with Crippen molar-refractivity contribution in [1.82, 2.24) is 4.90 Å². The predicted octanol–water partition coefficient (Wildman–Crippen LogP) is 4.03. The molecule has 4 nitrogen and oxygen atoms in total. The highest BCUT2D eigenvalue weighted by Crippen LogP contribution is 2.33. The van der Waals surface area contributed by atoms with Crippen LogP contribution < -0.4 is 0 Å². The van der Waals surface area contributed by atoms with Crippen LogP contribution in [0.5, 0.6) is 0 Å². The standard InChI is InChI=1S/C19H15NO3S2/c21-17(22)9-10-20-18(23)16(25-19(20)24)12-13-5-4-8-15(11-13)14-6-2-1-3-7-14/h1-8,11-12H,9-10H2,(H,21,22)/b16-12+. The molecule has 126 valence electrons. The van der Waals surface area contributed by atoms with Gasteiger partial charge in [0.1, 0.15) is 4.32 Å². The molecule has 25 heavy (non-hydrogen) atoms. The number of thioether (sulfide) groups is 1. The molecule has 0 bridgehead atoms. The van der Waals surface area contributed by atoms with E-state index in [1.807, 2.05) is 54.6 Å². The van der Waals surface area contributed by atoms with Gasteiger partial charge in [-0.2, -0.15) is 0 Å². The third-order valence-electron chi connectivity index (χ3n) is 3.71. The molecule has 1 aliphatic heterocycles. The lowest BCUT2D eigenvalue weighted by atomic mass is 10.0. The van der Waals surface area contributed by atoms with Crippen molar-refractivity contribution >= 4 is 46.3 Å². The number of carboxylic acids is 1. The van der Waals surface area contributed by atoms with Crippen molar-refractivity contribution in [2.75, 3.05) is 6.54 Å². The Morgan fingerprint density at radius 1 is 1.12 bits per heavy atom. The second kappa shape index (κ2) is 7.63. The second-order valence-electron chi connectivity index (χ2n) is 5.47. The summed E-state index contributed by atoms with van der Waals surface area (Å²) in [6.07, 6.45) is 1.68. The van der Waals surface area contributed by atoms with Crippen molar-refractivity contribution < 1.29 is 14.7 Å². The summed E-state index contributed by atoms with van der Waals surface area (Å²) in [7, 11) is 0. The maximum Gasteiger partial charge on any atom is 0.305 e. The number of aliphatic carboxylic acids is 1. The van der Waals surface area contributed by atoms with Crippen molar-refractivity contribution in [1.29, 1.82) is 0 Å². The van der Waals surface area contributed by atoms with Gasteiger partial charge in [0, 0.05) is 6.54 Å². The number of carbonyl (C=O) groups excluding carboxylic acids is 1. The number of nitrogens with zero attached hydrogens (tertiary/aromatic N) is 1. The first-order valence-electron chi connectivity index (χ1n) is 7.67. The molecule has 1 N–H and O–H groups in total. The second-order valence-corrected chi connectivity index (χ2v) is 7.14. The highest BCUT2D eigenvalue weighted by molar-refractivity contribution is 8.26. The molecule has 0 aliphatic carbocycles. The third-order valence-corrected chi connectivity index (χ3v) is 5.09. The molecule has 1 heterocycles. The SMILES string of the molecule is O=C(O)CCN1C(=O)/C(=C\c2cccc(-c3ccccc3)c2)SC1=S. The van der Waals surface area contributed by atoms with Crippen molar-refractivity contribution in [3.8, 4) is 11.1 Å². The summed E-state index contributed by atoms with van der Waals surface area (Å²) >= 11 is 6.41. The number of carbonyl (C=O) groups is 2. The first-order chi connectivity index (χ1) is 12.0. The van der Waals surface area contributed by atoms with Gasteiger partial charge >= 0.3 is 5.97 Å². The minimum Gasteiger partial charge on any atom is -0.481 e. The van der Waals surface area contributed by atoms with Crippen LogP contribution >= 0.6 is 24.0 Å². The van der Waals surface area contributed by atoms with E-state index in [4.69, 9.17) is 17.3 Å². The van der Waals surface area contributed by atoms with Crippen LogP contribution in [-0.4, -0.2) is 32.7 Å². The first kappa shape index (κ1) is 17.4. The van der Waals surface area contributed by atoms with Crippen LogP contribution in [0.25, 0.3) is 17.2 Å². The van der Waals surface area contributed by atoms with Gasteiger partial charge in [-0.25, -0.2) is 0 Å². The average Bonchev–Trinajstić information content (AvgIpc) is 2.87. The fraction of sp³-hybridized carbons (Fsp3) is 0.105. The zero-order valence-electron chi connectivity index (χ0n) is 13.2. The van der Waals surface area contributed by atoms with Crippen LogP contribution in [0, 0.1) is 0 Å². The molecule has 1 saturated heterocycles. The van der Waals surface area contributed by atoms with Crippen molar-refractivity contribution in [2.45, 2.75) is 6.42 Å². The summed E-state index contributed by atoms with van der Waals surface area (Å²) in [5.74, 6) is -1.19. The minimum absolute atomic E-state index is 0.0986. The monoisotopic (exact) mass is 369 g/mol. The molecule has 0 unspecified atom stereocenters. The summed E-state index contributed by atoms with van der Waals surface area (Å²) in [5, 5.41) is 8.78. The molecule has 1 amide bonds. The quantitative estimate of drug-likeness (QED) is 0.637. The Kier molecular flexibility index (Phi) is 5.31. The normalized spacial score (nSPS) is 15.8. The predicted molar refractivity (Wildman–Crippen MR) is 104 cm³/mol. The summed E-state index contributed by atoms with van der Waals surface area (Å²) in [4.78, 5) is 25.0. The van der Waals surface area contributed by atoms with Gasteiger partial charge in [0.2, 0.25) is 0 Å². The molecule has 0 atom stereocenters. The molecular formula is C19H15NO3S2. The van der Waals surface area contributed by atoms with Crippen molar-refractivity contribution in [3.05, 3.63) is 65.1 Å². The first-order valence-corrected chi connectivity index (χ1v) is 8.90. The Morgan fingerprint density at radius 3 is 2.56 bits per heavy atom. The largest absolute Gasteiger partial charge is 0.481 e. The number of hydrogen-bond acceptors (Lipinski definition) is 4. The highest BCUT2D eigenvalue weighted by Gasteiger charge is 2.31. The molecule has 2 aromatic rings. The zero-order chi connectivity index (χ0) is 17.8. The van der Waals surface area contributed by atoms with Gasteiger partial charge in [-0.15, -0.1) is 0 Å². The van der Waals surface area contributed by atoms with Crippen LogP contribution in [0.3, 0.4) is 0 Å². The van der Waals surface area contributed by atoms with E-state index >= 15 is 0 Å². The van der Waals surface area contributed by atoms with Gasteiger partial charge < -0.3 is 5.11 Å². The van der Waals surface area contributed by atoms with E-state index in [2.05, 4.69) is 0 Å². The lowest BCUT2D eigenvalue weighted by Crippen LogP contribution is -2.30. The molecule has 1 fully saturated rings. The number of hydrogen-bond donors (Lipinski definition) is 1. The number of amides is 1.